The maximum atomic E-state index is 9.17. The number of nitriles is 1. The first kappa shape index (κ1) is 12.0. The van der Waals surface area contributed by atoms with Crippen molar-refractivity contribution in [1.82, 2.24) is 4.90 Å². The molecule has 0 unspecified atom stereocenters. The van der Waals surface area contributed by atoms with Gasteiger partial charge in [-0.2, -0.15) is 5.26 Å². The summed E-state index contributed by atoms with van der Waals surface area (Å²) in [5.74, 6) is 0. The van der Waals surface area contributed by atoms with Crippen LogP contribution in [0.3, 0.4) is 0 Å². The van der Waals surface area contributed by atoms with Crippen LogP contribution in [0.25, 0.3) is 0 Å². The summed E-state index contributed by atoms with van der Waals surface area (Å²) >= 11 is 1.65. The fourth-order valence-electron chi connectivity index (χ4n) is 3.40. The highest BCUT2D eigenvalue weighted by molar-refractivity contribution is 7.16. The summed E-state index contributed by atoms with van der Waals surface area (Å²) in [7, 11) is 2.21. The van der Waals surface area contributed by atoms with Gasteiger partial charge < -0.3 is 10.6 Å². The zero-order valence-electron chi connectivity index (χ0n) is 10.8. The number of likely N-dealkylation sites (tertiary alicyclic amines) is 1. The van der Waals surface area contributed by atoms with Gasteiger partial charge in [0.25, 0.3) is 0 Å². The molecule has 4 heteroatoms. The fourth-order valence-corrected chi connectivity index (χ4v) is 4.64. The van der Waals surface area contributed by atoms with E-state index >= 15 is 0 Å². The van der Waals surface area contributed by atoms with Crippen LogP contribution >= 0.6 is 11.3 Å². The zero-order chi connectivity index (χ0) is 12.8. The van der Waals surface area contributed by atoms with Crippen LogP contribution in [0.4, 0.5) is 5.00 Å². The van der Waals surface area contributed by atoms with E-state index in [1.54, 1.807) is 11.3 Å². The SMILES string of the molecule is CN1CCC2(CCc3c(sc(N)c3C#N)C2)CC1. The van der Waals surface area contributed by atoms with Crippen molar-refractivity contribution >= 4 is 16.3 Å². The van der Waals surface area contributed by atoms with Gasteiger partial charge in [-0.25, -0.2) is 0 Å². The van der Waals surface area contributed by atoms with Crippen molar-refractivity contribution in [3.63, 3.8) is 0 Å². The number of nitrogen functional groups attached to an aromatic ring is 1. The molecule has 1 aliphatic heterocycles. The molecule has 18 heavy (non-hydrogen) atoms. The number of rotatable bonds is 0. The number of hydrogen-bond acceptors (Lipinski definition) is 4. The monoisotopic (exact) mass is 261 g/mol. The van der Waals surface area contributed by atoms with E-state index in [4.69, 9.17) is 11.0 Å². The van der Waals surface area contributed by atoms with Gasteiger partial charge in [0.2, 0.25) is 0 Å². The van der Waals surface area contributed by atoms with Crippen LogP contribution in [-0.2, 0) is 12.8 Å². The molecule has 1 saturated heterocycles. The van der Waals surface area contributed by atoms with E-state index in [0.29, 0.717) is 5.41 Å². The van der Waals surface area contributed by atoms with Crippen LogP contribution in [0.5, 0.6) is 0 Å². The van der Waals surface area contributed by atoms with Crippen molar-refractivity contribution in [2.75, 3.05) is 25.9 Å². The average Bonchev–Trinajstić information content (AvgIpc) is 2.67. The molecule has 3 rings (SSSR count). The maximum Gasteiger partial charge on any atom is 0.104 e. The Kier molecular flexibility index (Phi) is 2.84. The summed E-state index contributed by atoms with van der Waals surface area (Å²) in [5.41, 5.74) is 8.47. The second kappa shape index (κ2) is 4.25. The standard InChI is InChI=1S/C14H19N3S/c1-17-6-4-14(5-7-17)3-2-10-11(9-15)13(16)18-12(10)8-14/h2-8,16H2,1H3. The van der Waals surface area contributed by atoms with Gasteiger partial charge in [0.1, 0.15) is 11.1 Å². The van der Waals surface area contributed by atoms with Crippen molar-refractivity contribution in [3.05, 3.63) is 16.0 Å². The molecule has 2 heterocycles. The number of nitrogens with two attached hydrogens (primary N) is 1. The van der Waals surface area contributed by atoms with Crippen LogP contribution in [0.1, 0.15) is 35.3 Å². The number of piperidine rings is 1. The molecule has 1 aliphatic carbocycles. The minimum atomic E-state index is 0.490. The van der Waals surface area contributed by atoms with Gasteiger partial charge >= 0.3 is 0 Å². The lowest BCUT2D eigenvalue weighted by molar-refractivity contribution is 0.107. The van der Waals surface area contributed by atoms with Crippen molar-refractivity contribution in [2.45, 2.75) is 32.1 Å². The predicted octanol–water partition coefficient (Wildman–Crippen LogP) is 2.40. The number of fused-ring (bicyclic) bond motifs is 1. The van der Waals surface area contributed by atoms with Gasteiger partial charge in [-0.1, -0.05) is 0 Å². The maximum absolute atomic E-state index is 9.17. The second-order valence-corrected chi connectivity index (χ2v) is 6.97. The predicted molar refractivity (Wildman–Crippen MR) is 74.6 cm³/mol. The van der Waals surface area contributed by atoms with E-state index in [0.717, 1.165) is 23.4 Å². The lowest BCUT2D eigenvalue weighted by Crippen LogP contribution is -2.40. The summed E-state index contributed by atoms with van der Waals surface area (Å²) in [5, 5.41) is 9.90. The molecule has 0 bridgehead atoms. The Morgan fingerprint density at radius 3 is 2.72 bits per heavy atom. The Balaban J connectivity index is 1.88. The van der Waals surface area contributed by atoms with E-state index in [9.17, 15) is 0 Å². The number of anilines is 1. The van der Waals surface area contributed by atoms with Gasteiger partial charge in [0, 0.05) is 4.88 Å². The molecule has 1 aromatic heterocycles. The molecule has 3 nitrogen and oxygen atoms in total. The van der Waals surface area contributed by atoms with Crippen LogP contribution < -0.4 is 5.73 Å². The van der Waals surface area contributed by atoms with E-state index in [1.165, 1.54) is 42.8 Å². The van der Waals surface area contributed by atoms with Crippen molar-refractivity contribution in [1.29, 1.82) is 5.26 Å². The fraction of sp³-hybridized carbons (Fsp3) is 0.643. The first-order valence-electron chi connectivity index (χ1n) is 6.62. The topological polar surface area (TPSA) is 53.0 Å². The third-order valence-electron chi connectivity index (χ3n) is 4.72. The summed E-state index contributed by atoms with van der Waals surface area (Å²) in [6, 6.07) is 2.28. The minimum absolute atomic E-state index is 0.490. The van der Waals surface area contributed by atoms with Gasteiger partial charge in [-0.15, -0.1) is 11.3 Å². The van der Waals surface area contributed by atoms with Gasteiger partial charge in [-0.3, -0.25) is 0 Å². The van der Waals surface area contributed by atoms with Gasteiger partial charge in [0.15, 0.2) is 0 Å². The molecular formula is C14H19N3S. The molecule has 2 N–H and O–H groups in total. The molecule has 0 radical (unpaired) electrons. The molecule has 96 valence electrons. The zero-order valence-corrected chi connectivity index (χ0v) is 11.6. The quantitative estimate of drug-likeness (QED) is 0.780. The number of hydrogen-bond donors (Lipinski definition) is 1. The normalized spacial score (nSPS) is 22.7. The first-order valence-corrected chi connectivity index (χ1v) is 7.44. The van der Waals surface area contributed by atoms with Crippen LogP contribution in [-0.4, -0.2) is 25.0 Å². The average molecular weight is 261 g/mol. The van der Waals surface area contributed by atoms with E-state index in [-0.39, 0.29) is 0 Å². The Bertz CT molecular complexity index is 504. The highest BCUT2D eigenvalue weighted by atomic mass is 32.1. The summed E-state index contributed by atoms with van der Waals surface area (Å²) < 4.78 is 0. The molecule has 1 fully saturated rings. The molecule has 1 spiro atoms. The molecule has 1 aromatic rings. The highest BCUT2D eigenvalue weighted by Gasteiger charge is 2.38. The van der Waals surface area contributed by atoms with Crippen LogP contribution in [0.2, 0.25) is 0 Å². The molecule has 0 saturated carbocycles. The molecule has 0 atom stereocenters. The Hall–Kier alpha value is -1.05. The van der Waals surface area contributed by atoms with E-state index in [1.807, 2.05) is 0 Å². The molecule has 2 aliphatic rings. The van der Waals surface area contributed by atoms with Crippen molar-refractivity contribution in [3.8, 4) is 6.07 Å². The minimum Gasteiger partial charge on any atom is -0.389 e. The van der Waals surface area contributed by atoms with Gasteiger partial charge in [0.05, 0.1) is 5.56 Å². The van der Waals surface area contributed by atoms with Crippen LogP contribution in [0.15, 0.2) is 0 Å². The third kappa shape index (κ3) is 1.82. The summed E-state index contributed by atoms with van der Waals surface area (Å²) in [6.07, 6.45) is 6.02. The Labute approximate surface area is 112 Å². The van der Waals surface area contributed by atoms with E-state index in [2.05, 4.69) is 18.0 Å². The van der Waals surface area contributed by atoms with E-state index < -0.39 is 0 Å². The largest absolute Gasteiger partial charge is 0.389 e. The molecule has 0 aromatic carbocycles. The highest BCUT2D eigenvalue weighted by Crippen LogP contribution is 2.47. The molecular weight excluding hydrogens is 242 g/mol. The Morgan fingerprint density at radius 1 is 1.33 bits per heavy atom. The summed E-state index contributed by atoms with van der Waals surface area (Å²) in [6.45, 7) is 2.42. The smallest absolute Gasteiger partial charge is 0.104 e. The van der Waals surface area contributed by atoms with Crippen molar-refractivity contribution < 1.29 is 0 Å². The first-order chi connectivity index (χ1) is 8.63. The third-order valence-corrected chi connectivity index (χ3v) is 5.78. The number of thiophene rings is 1. The van der Waals surface area contributed by atoms with Gasteiger partial charge in [-0.05, 0) is 63.2 Å². The lowest BCUT2D eigenvalue weighted by atomic mass is 9.68. The lowest BCUT2D eigenvalue weighted by Gasteiger charge is -2.43. The van der Waals surface area contributed by atoms with Crippen molar-refractivity contribution in [2.24, 2.45) is 5.41 Å². The van der Waals surface area contributed by atoms with Crippen LogP contribution in [0, 0.1) is 16.7 Å². The number of nitrogens with zero attached hydrogens (tertiary/aromatic N) is 2. The summed E-state index contributed by atoms with van der Waals surface area (Å²) in [4.78, 5) is 3.81. The second-order valence-electron chi connectivity index (χ2n) is 5.83. The Morgan fingerprint density at radius 2 is 2.06 bits per heavy atom. The molecule has 0 amide bonds.